The highest BCUT2D eigenvalue weighted by Crippen LogP contribution is 2.16. The largest absolute Gasteiger partial charge is 0.456 e. The molecule has 2 heterocycles. The van der Waals surface area contributed by atoms with Crippen LogP contribution in [0.2, 0.25) is 0 Å². The maximum Gasteiger partial charge on any atom is 0.338 e. The number of esters is 1. The van der Waals surface area contributed by atoms with Gasteiger partial charge < -0.3 is 10.1 Å². The molecule has 0 unspecified atom stereocenters. The summed E-state index contributed by atoms with van der Waals surface area (Å²) < 4.78 is 6.82. The minimum atomic E-state index is -0.463. The molecule has 1 amide bonds. The Labute approximate surface area is 181 Å². The Morgan fingerprint density at radius 1 is 1.13 bits per heavy atom. The molecule has 0 radical (unpaired) electrons. The molecule has 0 saturated carbocycles. The molecule has 0 spiro atoms. The number of nitrogens with zero attached hydrogens (tertiary/aromatic N) is 5. The molecule has 1 N–H and O–H groups in total. The summed E-state index contributed by atoms with van der Waals surface area (Å²) in [5.74, 6) is -0.607. The summed E-state index contributed by atoms with van der Waals surface area (Å²) in [6.07, 6.45) is 1.62. The van der Waals surface area contributed by atoms with E-state index in [1.54, 1.807) is 29.6 Å². The fourth-order valence-electron chi connectivity index (χ4n) is 2.79. The molecule has 0 atom stereocenters. The van der Waals surface area contributed by atoms with E-state index >= 15 is 0 Å². The van der Waals surface area contributed by atoms with Gasteiger partial charge in [0.2, 0.25) is 5.91 Å². The summed E-state index contributed by atoms with van der Waals surface area (Å²) in [6.45, 7) is 1.97. The number of carbonyl (C=O) groups excluding carboxylic acids is 2. The Kier molecular flexibility index (Phi) is 6.08. The number of thiazole rings is 1. The van der Waals surface area contributed by atoms with E-state index in [0.29, 0.717) is 16.3 Å². The second kappa shape index (κ2) is 9.26. The number of amides is 1. The van der Waals surface area contributed by atoms with Crippen LogP contribution in [0.5, 0.6) is 0 Å². The van der Waals surface area contributed by atoms with Gasteiger partial charge in [0.05, 0.1) is 23.4 Å². The van der Waals surface area contributed by atoms with Crippen molar-refractivity contribution in [3.63, 3.8) is 0 Å². The van der Waals surface area contributed by atoms with Gasteiger partial charge >= 0.3 is 5.97 Å². The molecule has 156 valence electrons. The van der Waals surface area contributed by atoms with E-state index in [1.165, 1.54) is 22.3 Å². The number of aromatic nitrogens is 5. The molecule has 2 aromatic heterocycles. The van der Waals surface area contributed by atoms with Crippen molar-refractivity contribution >= 4 is 28.9 Å². The van der Waals surface area contributed by atoms with Gasteiger partial charge in [0.1, 0.15) is 17.9 Å². The lowest BCUT2D eigenvalue weighted by molar-refractivity contribution is -0.115. The Hall–Kier alpha value is -3.92. The SMILES string of the molecule is Cc1ccccc1NC(=O)Cc1nc(COC(=O)c2ccc(-n3cnnn3)cc2)cs1. The lowest BCUT2D eigenvalue weighted by Gasteiger charge is -2.06. The summed E-state index contributed by atoms with van der Waals surface area (Å²) in [5.41, 5.74) is 3.51. The average Bonchev–Trinajstić information content (AvgIpc) is 3.46. The first kappa shape index (κ1) is 20.4. The van der Waals surface area contributed by atoms with Gasteiger partial charge in [0.15, 0.2) is 0 Å². The molecule has 0 aliphatic heterocycles. The number of anilines is 1. The number of benzene rings is 2. The third-order valence-corrected chi connectivity index (χ3v) is 5.30. The predicted octanol–water partition coefficient (Wildman–Crippen LogP) is 2.97. The molecule has 4 aromatic rings. The van der Waals surface area contributed by atoms with E-state index in [-0.39, 0.29) is 18.9 Å². The Balaban J connectivity index is 1.29. The monoisotopic (exact) mass is 434 g/mol. The van der Waals surface area contributed by atoms with Crippen molar-refractivity contribution in [2.24, 2.45) is 0 Å². The maximum atomic E-state index is 12.3. The molecule has 31 heavy (non-hydrogen) atoms. The smallest absolute Gasteiger partial charge is 0.338 e. The normalized spacial score (nSPS) is 10.6. The highest BCUT2D eigenvalue weighted by molar-refractivity contribution is 7.09. The van der Waals surface area contributed by atoms with Crippen molar-refractivity contribution < 1.29 is 14.3 Å². The van der Waals surface area contributed by atoms with Crippen molar-refractivity contribution in [3.8, 4) is 5.69 Å². The second-order valence-electron chi connectivity index (χ2n) is 6.65. The lowest BCUT2D eigenvalue weighted by atomic mass is 10.2. The number of tetrazole rings is 1. The number of hydrogen-bond donors (Lipinski definition) is 1. The van der Waals surface area contributed by atoms with Crippen molar-refractivity contribution in [1.82, 2.24) is 25.2 Å². The zero-order valence-electron chi connectivity index (χ0n) is 16.6. The molecular formula is C21H18N6O3S. The first-order valence-electron chi connectivity index (χ1n) is 9.38. The molecule has 0 bridgehead atoms. The standard InChI is InChI=1S/C21H18N6O3S/c1-14-4-2-3-5-18(14)24-19(28)10-20-23-16(12-31-20)11-30-21(29)15-6-8-17(9-7-15)27-13-22-25-26-27/h2-9,12-13H,10-11H2,1H3,(H,24,28). The van der Waals surface area contributed by atoms with Gasteiger partial charge in [-0.1, -0.05) is 18.2 Å². The number of rotatable bonds is 7. The molecule has 0 aliphatic carbocycles. The fraction of sp³-hybridized carbons (Fsp3) is 0.143. The number of nitrogens with one attached hydrogen (secondary N) is 1. The minimum Gasteiger partial charge on any atom is -0.456 e. The topological polar surface area (TPSA) is 112 Å². The van der Waals surface area contributed by atoms with Crippen LogP contribution >= 0.6 is 11.3 Å². The Morgan fingerprint density at radius 2 is 1.94 bits per heavy atom. The first-order valence-corrected chi connectivity index (χ1v) is 10.3. The van der Waals surface area contributed by atoms with Gasteiger partial charge in [-0.15, -0.1) is 16.4 Å². The van der Waals surface area contributed by atoms with Crippen molar-refractivity contribution in [2.75, 3.05) is 5.32 Å². The van der Waals surface area contributed by atoms with E-state index in [9.17, 15) is 9.59 Å². The third-order valence-electron chi connectivity index (χ3n) is 4.40. The number of carbonyl (C=O) groups is 2. The second-order valence-corrected chi connectivity index (χ2v) is 7.59. The van der Waals surface area contributed by atoms with E-state index in [0.717, 1.165) is 16.9 Å². The quantitative estimate of drug-likeness (QED) is 0.445. The van der Waals surface area contributed by atoms with Crippen molar-refractivity contribution in [1.29, 1.82) is 0 Å². The Bertz CT molecular complexity index is 1190. The van der Waals surface area contributed by atoms with Crippen LogP contribution < -0.4 is 5.32 Å². The van der Waals surface area contributed by atoms with E-state index in [2.05, 4.69) is 25.8 Å². The van der Waals surface area contributed by atoms with Gasteiger partial charge in [0, 0.05) is 11.1 Å². The van der Waals surface area contributed by atoms with Crippen LogP contribution in [0.1, 0.15) is 26.6 Å². The lowest BCUT2D eigenvalue weighted by Crippen LogP contribution is -2.15. The zero-order chi connectivity index (χ0) is 21.6. The third kappa shape index (κ3) is 5.17. The van der Waals surface area contributed by atoms with Crippen molar-refractivity contribution in [3.05, 3.63) is 82.1 Å². The van der Waals surface area contributed by atoms with Crippen LogP contribution in [0, 0.1) is 6.92 Å². The summed E-state index contributed by atoms with van der Waals surface area (Å²) in [7, 11) is 0. The molecule has 4 rings (SSSR count). The van der Waals surface area contributed by atoms with Crippen LogP contribution in [0.15, 0.2) is 60.2 Å². The maximum absolute atomic E-state index is 12.3. The highest BCUT2D eigenvalue weighted by Gasteiger charge is 2.12. The van der Waals surface area contributed by atoms with Crippen LogP contribution in [-0.4, -0.2) is 37.1 Å². The zero-order valence-corrected chi connectivity index (χ0v) is 17.4. The summed E-state index contributed by atoms with van der Waals surface area (Å²) in [6, 6.07) is 14.3. The first-order chi connectivity index (χ1) is 15.1. The molecule has 0 aliphatic rings. The van der Waals surface area contributed by atoms with Crippen LogP contribution in [0.3, 0.4) is 0 Å². The van der Waals surface area contributed by atoms with Gasteiger partial charge in [0.25, 0.3) is 0 Å². The molecular weight excluding hydrogens is 416 g/mol. The van der Waals surface area contributed by atoms with Gasteiger partial charge in [-0.2, -0.15) is 0 Å². The minimum absolute atomic E-state index is 0.0312. The molecule has 0 saturated heterocycles. The van der Waals surface area contributed by atoms with E-state index in [1.807, 2.05) is 31.2 Å². The number of aryl methyl sites for hydroxylation is 1. The van der Waals surface area contributed by atoms with Crippen LogP contribution in [0.4, 0.5) is 5.69 Å². The van der Waals surface area contributed by atoms with Gasteiger partial charge in [-0.05, 0) is 53.2 Å². The average molecular weight is 434 g/mol. The van der Waals surface area contributed by atoms with Crippen LogP contribution in [0.25, 0.3) is 5.69 Å². The number of para-hydroxylation sites is 1. The molecule has 0 fully saturated rings. The summed E-state index contributed by atoms with van der Waals surface area (Å²) >= 11 is 1.36. The highest BCUT2D eigenvalue weighted by atomic mass is 32.1. The van der Waals surface area contributed by atoms with Gasteiger partial charge in [-0.25, -0.2) is 14.5 Å². The summed E-state index contributed by atoms with van der Waals surface area (Å²) in [5, 5.41) is 16.3. The molecule has 9 nitrogen and oxygen atoms in total. The Morgan fingerprint density at radius 3 is 2.68 bits per heavy atom. The van der Waals surface area contributed by atoms with Crippen molar-refractivity contribution in [2.45, 2.75) is 20.0 Å². The number of hydrogen-bond acceptors (Lipinski definition) is 8. The van der Waals surface area contributed by atoms with Crippen LogP contribution in [-0.2, 0) is 22.6 Å². The van der Waals surface area contributed by atoms with Gasteiger partial charge in [-0.3, -0.25) is 4.79 Å². The summed E-state index contributed by atoms with van der Waals surface area (Å²) in [4.78, 5) is 28.9. The molecule has 10 heteroatoms. The number of ether oxygens (including phenoxy) is 1. The van der Waals surface area contributed by atoms with E-state index in [4.69, 9.17) is 4.74 Å². The molecule has 2 aromatic carbocycles. The fourth-order valence-corrected chi connectivity index (χ4v) is 3.57. The van der Waals surface area contributed by atoms with E-state index < -0.39 is 5.97 Å². The predicted molar refractivity (Wildman–Crippen MR) is 114 cm³/mol.